The van der Waals surface area contributed by atoms with E-state index in [0.717, 1.165) is 45.3 Å². The molecule has 2 heterocycles. The number of nitrogens with zero attached hydrogens (tertiary/aromatic N) is 2. The van der Waals surface area contributed by atoms with E-state index in [1.165, 1.54) is 0 Å². The molecular formula is C16H26N2O3. The third-order valence-electron chi connectivity index (χ3n) is 4.33. The number of rotatable bonds is 5. The second-order valence-electron chi connectivity index (χ2n) is 6.09. The molecule has 0 spiro atoms. The number of ether oxygens (including phenoxy) is 1. The Bertz CT molecular complexity index is 387. The molecule has 0 aromatic rings. The van der Waals surface area contributed by atoms with Crippen molar-refractivity contribution in [1.29, 1.82) is 0 Å². The van der Waals surface area contributed by atoms with Gasteiger partial charge >= 0.3 is 0 Å². The number of carbonyl (C=O) groups is 1. The molecule has 5 nitrogen and oxygen atoms in total. The predicted octanol–water partition coefficient (Wildman–Crippen LogP) is 0.472. The number of aliphatic hydroxyl groups is 1. The van der Waals surface area contributed by atoms with Gasteiger partial charge in [0.1, 0.15) is 0 Å². The lowest BCUT2D eigenvalue weighted by Crippen LogP contribution is -2.50. The zero-order chi connectivity index (χ0) is 15.2. The number of amides is 1. The molecule has 0 radical (unpaired) electrons. The SMILES string of the molecule is C#CCN(C)CC[C@@H]1CC[C@H](O)[C@@H](C(=O)N2CCCC2)O1. The van der Waals surface area contributed by atoms with E-state index in [9.17, 15) is 9.90 Å². The van der Waals surface area contributed by atoms with Crippen LogP contribution in [0.5, 0.6) is 0 Å². The van der Waals surface area contributed by atoms with E-state index in [2.05, 4.69) is 10.8 Å². The molecule has 21 heavy (non-hydrogen) atoms. The second kappa shape index (κ2) is 7.79. The molecule has 1 N–H and O–H groups in total. The van der Waals surface area contributed by atoms with E-state index in [4.69, 9.17) is 11.2 Å². The first-order valence-electron chi connectivity index (χ1n) is 7.86. The summed E-state index contributed by atoms with van der Waals surface area (Å²) in [6, 6.07) is 0. The van der Waals surface area contributed by atoms with Crippen LogP contribution in [-0.4, -0.2) is 72.4 Å². The summed E-state index contributed by atoms with van der Waals surface area (Å²) in [5.74, 6) is 2.57. The van der Waals surface area contributed by atoms with Crippen LogP contribution in [0.2, 0.25) is 0 Å². The molecule has 3 atom stereocenters. The van der Waals surface area contributed by atoms with E-state index in [0.29, 0.717) is 13.0 Å². The maximum Gasteiger partial charge on any atom is 0.254 e. The minimum atomic E-state index is -0.681. The summed E-state index contributed by atoms with van der Waals surface area (Å²) in [6.45, 7) is 3.04. The van der Waals surface area contributed by atoms with Crippen molar-refractivity contribution in [2.45, 2.75) is 50.4 Å². The van der Waals surface area contributed by atoms with Crippen molar-refractivity contribution < 1.29 is 14.6 Å². The van der Waals surface area contributed by atoms with Crippen LogP contribution < -0.4 is 0 Å². The molecular weight excluding hydrogens is 268 g/mol. The van der Waals surface area contributed by atoms with Gasteiger partial charge in [0.25, 0.3) is 5.91 Å². The van der Waals surface area contributed by atoms with Gasteiger partial charge in [0, 0.05) is 19.6 Å². The summed E-state index contributed by atoms with van der Waals surface area (Å²) < 4.78 is 5.88. The fraction of sp³-hybridized carbons (Fsp3) is 0.812. The number of carbonyl (C=O) groups excluding carboxylic acids is 1. The van der Waals surface area contributed by atoms with Gasteiger partial charge in [-0.05, 0) is 39.2 Å². The Kier molecular flexibility index (Phi) is 6.04. The molecule has 2 fully saturated rings. The van der Waals surface area contributed by atoms with Crippen LogP contribution in [0, 0.1) is 12.3 Å². The van der Waals surface area contributed by atoms with Gasteiger partial charge in [-0.15, -0.1) is 6.42 Å². The summed E-state index contributed by atoms with van der Waals surface area (Å²) in [4.78, 5) is 16.3. The molecule has 2 aliphatic rings. The molecule has 0 saturated carbocycles. The predicted molar refractivity (Wildman–Crippen MR) is 80.7 cm³/mol. The van der Waals surface area contributed by atoms with Crippen molar-refractivity contribution in [3.63, 3.8) is 0 Å². The Balaban J connectivity index is 1.84. The van der Waals surface area contributed by atoms with E-state index < -0.39 is 12.2 Å². The van der Waals surface area contributed by atoms with Gasteiger partial charge in [-0.2, -0.15) is 0 Å². The molecule has 0 aliphatic carbocycles. The normalized spacial score (nSPS) is 29.6. The number of hydrogen-bond donors (Lipinski definition) is 1. The van der Waals surface area contributed by atoms with Gasteiger partial charge in [-0.25, -0.2) is 0 Å². The highest BCUT2D eigenvalue weighted by molar-refractivity contribution is 5.82. The van der Waals surface area contributed by atoms with Crippen molar-refractivity contribution in [3.8, 4) is 12.3 Å². The van der Waals surface area contributed by atoms with Crippen LogP contribution in [0.15, 0.2) is 0 Å². The minimum absolute atomic E-state index is 0.0326. The molecule has 2 rings (SSSR count). The monoisotopic (exact) mass is 294 g/mol. The van der Waals surface area contributed by atoms with Gasteiger partial charge in [0.15, 0.2) is 6.10 Å². The second-order valence-corrected chi connectivity index (χ2v) is 6.09. The maximum absolute atomic E-state index is 12.4. The molecule has 1 amide bonds. The molecule has 2 saturated heterocycles. The van der Waals surface area contributed by atoms with E-state index in [1.807, 2.05) is 11.9 Å². The zero-order valence-corrected chi connectivity index (χ0v) is 12.8. The highest BCUT2D eigenvalue weighted by Gasteiger charge is 2.37. The van der Waals surface area contributed by atoms with Crippen LogP contribution in [0.1, 0.15) is 32.1 Å². The highest BCUT2D eigenvalue weighted by atomic mass is 16.5. The summed E-state index contributed by atoms with van der Waals surface area (Å²) in [7, 11) is 1.98. The van der Waals surface area contributed by atoms with Crippen LogP contribution in [-0.2, 0) is 9.53 Å². The first kappa shape index (κ1) is 16.3. The maximum atomic E-state index is 12.4. The molecule has 118 valence electrons. The van der Waals surface area contributed by atoms with Crippen molar-refractivity contribution in [2.24, 2.45) is 0 Å². The largest absolute Gasteiger partial charge is 0.390 e. The van der Waals surface area contributed by atoms with Gasteiger partial charge < -0.3 is 14.7 Å². The molecule has 5 heteroatoms. The lowest BCUT2D eigenvalue weighted by molar-refractivity contribution is -0.167. The third kappa shape index (κ3) is 4.44. The van der Waals surface area contributed by atoms with Gasteiger partial charge in [-0.1, -0.05) is 5.92 Å². The minimum Gasteiger partial charge on any atom is -0.390 e. The standard InChI is InChI=1S/C16H26N2O3/c1-3-9-17(2)12-8-13-6-7-14(19)15(21-13)16(20)18-10-4-5-11-18/h1,13-15,19H,4-12H2,2H3/t13-,14-,15-/m0/s1. The van der Waals surface area contributed by atoms with E-state index in [-0.39, 0.29) is 12.0 Å². The van der Waals surface area contributed by atoms with Crippen molar-refractivity contribution >= 4 is 5.91 Å². The lowest BCUT2D eigenvalue weighted by atomic mass is 9.98. The topological polar surface area (TPSA) is 53.0 Å². The third-order valence-corrected chi connectivity index (χ3v) is 4.33. The average molecular weight is 294 g/mol. The molecule has 0 bridgehead atoms. The van der Waals surface area contributed by atoms with E-state index >= 15 is 0 Å². The summed E-state index contributed by atoms with van der Waals surface area (Å²) in [5, 5.41) is 10.1. The van der Waals surface area contributed by atoms with Crippen LogP contribution in [0.3, 0.4) is 0 Å². The van der Waals surface area contributed by atoms with Crippen molar-refractivity contribution in [1.82, 2.24) is 9.80 Å². The summed E-state index contributed by atoms with van der Waals surface area (Å²) in [5.41, 5.74) is 0. The van der Waals surface area contributed by atoms with Crippen LogP contribution >= 0.6 is 0 Å². The Labute approximate surface area is 127 Å². The van der Waals surface area contributed by atoms with E-state index in [1.54, 1.807) is 0 Å². The smallest absolute Gasteiger partial charge is 0.254 e. The Morgan fingerprint density at radius 1 is 1.43 bits per heavy atom. The van der Waals surface area contributed by atoms with Gasteiger partial charge in [0.2, 0.25) is 0 Å². The van der Waals surface area contributed by atoms with Crippen LogP contribution in [0.4, 0.5) is 0 Å². The fourth-order valence-electron chi connectivity index (χ4n) is 3.03. The van der Waals surface area contributed by atoms with Crippen molar-refractivity contribution in [2.75, 3.05) is 33.2 Å². The Morgan fingerprint density at radius 2 is 2.14 bits per heavy atom. The molecule has 0 aromatic heterocycles. The molecule has 2 aliphatic heterocycles. The zero-order valence-electron chi connectivity index (χ0n) is 12.8. The lowest BCUT2D eigenvalue weighted by Gasteiger charge is -2.35. The van der Waals surface area contributed by atoms with Gasteiger partial charge in [0.05, 0.1) is 18.8 Å². The quantitative estimate of drug-likeness (QED) is 0.749. The number of hydrogen-bond acceptors (Lipinski definition) is 4. The highest BCUT2D eigenvalue weighted by Crippen LogP contribution is 2.24. The number of likely N-dealkylation sites (tertiary alicyclic amines) is 1. The average Bonchev–Trinajstić information content (AvgIpc) is 3.00. The van der Waals surface area contributed by atoms with Crippen molar-refractivity contribution in [3.05, 3.63) is 0 Å². The number of terminal acetylenes is 1. The number of aliphatic hydroxyl groups excluding tert-OH is 1. The fourth-order valence-corrected chi connectivity index (χ4v) is 3.03. The molecule has 0 unspecified atom stereocenters. The molecule has 0 aromatic carbocycles. The van der Waals surface area contributed by atoms with Gasteiger partial charge in [-0.3, -0.25) is 9.69 Å². The summed E-state index contributed by atoms with van der Waals surface area (Å²) >= 11 is 0. The Hall–Kier alpha value is -1.09. The summed E-state index contributed by atoms with van der Waals surface area (Å²) in [6.07, 6.45) is 8.34. The Morgan fingerprint density at radius 3 is 2.81 bits per heavy atom. The van der Waals surface area contributed by atoms with Crippen LogP contribution in [0.25, 0.3) is 0 Å². The first-order valence-corrected chi connectivity index (χ1v) is 7.86. The first-order chi connectivity index (χ1) is 10.1.